The Bertz CT molecular complexity index is 981. The van der Waals surface area contributed by atoms with E-state index in [0.29, 0.717) is 11.5 Å². The van der Waals surface area contributed by atoms with Gasteiger partial charge in [0.15, 0.2) is 11.5 Å². The molecule has 2 aromatic rings. The van der Waals surface area contributed by atoms with E-state index in [-0.39, 0.29) is 17.2 Å². The van der Waals surface area contributed by atoms with Gasteiger partial charge < -0.3 is 19.5 Å². The summed E-state index contributed by atoms with van der Waals surface area (Å²) in [6.45, 7) is 1.53. The molecule has 2 aromatic carbocycles. The van der Waals surface area contributed by atoms with Crippen LogP contribution in [0.4, 0.5) is 4.39 Å². The number of rotatable bonds is 9. The largest absolute Gasteiger partial charge is 0.495 e. The smallest absolute Gasteiger partial charge is 0.245 e. The monoisotopic (exact) mass is 426 g/mol. The van der Waals surface area contributed by atoms with E-state index in [4.69, 9.17) is 14.2 Å². The maximum atomic E-state index is 13.5. The molecule has 29 heavy (non-hydrogen) atoms. The third kappa shape index (κ3) is 5.58. The van der Waals surface area contributed by atoms with E-state index in [1.54, 1.807) is 18.2 Å². The third-order valence-corrected chi connectivity index (χ3v) is 5.62. The number of amides is 1. The molecule has 1 unspecified atom stereocenters. The molecule has 0 spiro atoms. The average molecular weight is 426 g/mol. The van der Waals surface area contributed by atoms with Gasteiger partial charge in [-0.2, -0.15) is 4.72 Å². The molecule has 0 radical (unpaired) electrons. The molecule has 8 nitrogen and oxygen atoms in total. The van der Waals surface area contributed by atoms with Gasteiger partial charge in [-0.25, -0.2) is 12.8 Å². The quantitative estimate of drug-likeness (QED) is 0.634. The van der Waals surface area contributed by atoms with Gasteiger partial charge in [-0.3, -0.25) is 4.79 Å². The Hall–Kier alpha value is -2.85. The number of benzene rings is 2. The van der Waals surface area contributed by atoms with Crippen molar-refractivity contribution in [2.24, 2.45) is 0 Å². The zero-order valence-electron chi connectivity index (χ0n) is 16.5. The standard InChI is InChI=1S/C19H23FN2O6S/c1-12(22-29(24,25)18-10-14(20)6-8-16(18)27-3)19(23)21-11-13-5-7-15(26-2)17(9-13)28-4/h5-10,12,22H,11H2,1-4H3,(H,21,23). The van der Waals surface area contributed by atoms with Gasteiger partial charge in [-0.15, -0.1) is 0 Å². The van der Waals surface area contributed by atoms with Crippen molar-refractivity contribution >= 4 is 15.9 Å². The summed E-state index contributed by atoms with van der Waals surface area (Å²) >= 11 is 0. The van der Waals surface area contributed by atoms with Gasteiger partial charge in [0.25, 0.3) is 0 Å². The zero-order chi connectivity index (χ0) is 21.6. The van der Waals surface area contributed by atoms with Crippen LogP contribution in [0.5, 0.6) is 17.2 Å². The van der Waals surface area contributed by atoms with Crippen molar-refractivity contribution in [3.63, 3.8) is 0 Å². The molecular weight excluding hydrogens is 403 g/mol. The molecule has 0 saturated carbocycles. The molecule has 2 N–H and O–H groups in total. The minimum Gasteiger partial charge on any atom is -0.495 e. The minimum absolute atomic E-state index is 0.0307. The Balaban J connectivity index is 2.06. The molecule has 10 heteroatoms. The summed E-state index contributed by atoms with van der Waals surface area (Å²) in [5.41, 5.74) is 0.734. The lowest BCUT2D eigenvalue weighted by molar-refractivity contribution is -0.122. The summed E-state index contributed by atoms with van der Waals surface area (Å²) in [5, 5.41) is 2.63. The maximum absolute atomic E-state index is 13.5. The maximum Gasteiger partial charge on any atom is 0.245 e. The first kappa shape index (κ1) is 22.4. The lowest BCUT2D eigenvalue weighted by Crippen LogP contribution is -2.44. The van der Waals surface area contributed by atoms with Gasteiger partial charge in [0.1, 0.15) is 16.5 Å². The molecule has 1 atom stereocenters. The normalized spacial score (nSPS) is 12.2. The van der Waals surface area contributed by atoms with Crippen molar-refractivity contribution < 1.29 is 31.8 Å². The Morgan fingerprint density at radius 2 is 1.62 bits per heavy atom. The highest BCUT2D eigenvalue weighted by Crippen LogP contribution is 2.27. The molecule has 0 heterocycles. The van der Waals surface area contributed by atoms with Gasteiger partial charge in [-0.1, -0.05) is 6.07 Å². The number of halogens is 1. The van der Waals surface area contributed by atoms with E-state index < -0.39 is 27.8 Å². The molecule has 0 aliphatic heterocycles. The molecule has 1 amide bonds. The summed E-state index contributed by atoms with van der Waals surface area (Å²) < 4.78 is 56.1. The summed E-state index contributed by atoms with van der Waals surface area (Å²) in [5.74, 6) is -0.272. The minimum atomic E-state index is -4.18. The van der Waals surface area contributed by atoms with Crippen LogP contribution in [-0.2, 0) is 21.4 Å². The zero-order valence-corrected chi connectivity index (χ0v) is 17.3. The number of carbonyl (C=O) groups excluding carboxylic acids is 1. The van der Waals surface area contributed by atoms with Crippen LogP contribution in [0.3, 0.4) is 0 Å². The number of hydrogen-bond donors (Lipinski definition) is 2. The SMILES string of the molecule is COc1ccc(CNC(=O)C(C)NS(=O)(=O)c2cc(F)ccc2OC)cc1OC. The molecule has 0 aliphatic rings. The topological polar surface area (TPSA) is 103 Å². The van der Waals surface area contributed by atoms with Crippen LogP contribution in [-0.4, -0.2) is 41.7 Å². The van der Waals surface area contributed by atoms with Crippen molar-refractivity contribution in [3.05, 3.63) is 47.8 Å². The van der Waals surface area contributed by atoms with E-state index >= 15 is 0 Å². The highest BCUT2D eigenvalue weighted by molar-refractivity contribution is 7.89. The number of methoxy groups -OCH3 is 3. The Morgan fingerprint density at radius 1 is 1.00 bits per heavy atom. The van der Waals surface area contributed by atoms with Gasteiger partial charge in [0.2, 0.25) is 15.9 Å². The summed E-state index contributed by atoms with van der Waals surface area (Å²) in [7, 11) is 0.0969. The van der Waals surface area contributed by atoms with Gasteiger partial charge in [-0.05, 0) is 42.8 Å². The lowest BCUT2D eigenvalue weighted by atomic mass is 10.2. The molecule has 158 valence electrons. The first-order valence-electron chi connectivity index (χ1n) is 8.56. The highest BCUT2D eigenvalue weighted by atomic mass is 32.2. The lowest BCUT2D eigenvalue weighted by Gasteiger charge is -2.16. The summed E-state index contributed by atoms with van der Waals surface area (Å²) in [6, 6.07) is 7.15. The van der Waals surface area contributed by atoms with E-state index in [1.807, 2.05) is 0 Å². The number of ether oxygens (including phenoxy) is 3. The van der Waals surface area contributed by atoms with Crippen LogP contribution in [0.2, 0.25) is 0 Å². The molecule has 2 rings (SSSR count). The summed E-state index contributed by atoms with van der Waals surface area (Å²) in [6.07, 6.45) is 0. The predicted octanol–water partition coefficient (Wildman–Crippen LogP) is 1.83. The van der Waals surface area contributed by atoms with Crippen molar-refractivity contribution in [3.8, 4) is 17.2 Å². The number of carbonyl (C=O) groups is 1. The van der Waals surface area contributed by atoms with Crippen LogP contribution in [0, 0.1) is 5.82 Å². The van der Waals surface area contributed by atoms with Crippen molar-refractivity contribution in [2.75, 3.05) is 21.3 Å². The predicted molar refractivity (Wildman–Crippen MR) is 104 cm³/mol. The second kappa shape index (κ2) is 9.57. The number of hydrogen-bond acceptors (Lipinski definition) is 6. The van der Waals surface area contributed by atoms with Crippen molar-refractivity contribution in [2.45, 2.75) is 24.4 Å². The molecule has 0 aromatic heterocycles. The number of sulfonamides is 1. The second-order valence-corrected chi connectivity index (χ2v) is 7.73. The van der Waals surface area contributed by atoms with E-state index in [0.717, 1.165) is 17.7 Å². The summed E-state index contributed by atoms with van der Waals surface area (Å²) in [4.78, 5) is 11.9. The fraction of sp³-hybridized carbons (Fsp3) is 0.316. The van der Waals surface area contributed by atoms with Crippen LogP contribution in [0.1, 0.15) is 12.5 Å². The van der Waals surface area contributed by atoms with E-state index in [1.165, 1.54) is 34.3 Å². The first-order valence-corrected chi connectivity index (χ1v) is 10.0. The average Bonchev–Trinajstić information content (AvgIpc) is 2.71. The Labute approximate surface area is 169 Å². The van der Waals surface area contributed by atoms with E-state index in [9.17, 15) is 17.6 Å². The number of nitrogens with one attached hydrogen (secondary N) is 2. The Kier molecular flexibility index (Phi) is 7.40. The first-order chi connectivity index (χ1) is 13.7. The van der Waals surface area contributed by atoms with Crippen molar-refractivity contribution in [1.29, 1.82) is 0 Å². The van der Waals surface area contributed by atoms with Crippen LogP contribution in [0.15, 0.2) is 41.3 Å². The van der Waals surface area contributed by atoms with Crippen LogP contribution in [0.25, 0.3) is 0 Å². The fourth-order valence-corrected chi connectivity index (χ4v) is 3.93. The van der Waals surface area contributed by atoms with E-state index in [2.05, 4.69) is 10.0 Å². The van der Waals surface area contributed by atoms with Gasteiger partial charge >= 0.3 is 0 Å². The van der Waals surface area contributed by atoms with Gasteiger partial charge in [0.05, 0.1) is 27.4 Å². The Morgan fingerprint density at radius 3 is 2.24 bits per heavy atom. The molecule has 0 bridgehead atoms. The molecular formula is C19H23FN2O6S. The van der Waals surface area contributed by atoms with Crippen LogP contribution < -0.4 is 24.2 Å². The molecule has 0 aliphatic carbocycles. The van der Waals surface area contributed by atoms with Crippen LogP contribution >= 0.6 is 0 Å². The fourth-order valence-electron chi connectivity index (χ4n) is 2.54. The third-order valence-electron chi connectivity index (χ3n) is 4.06. The molecule has 0 fully saturated rings. The molecule has 0 saturated heterocycles. The van der Waals surface area contributed by atoms with Gasteiger partial charge in [0, 0.05) is 6.54 Å². The highest BCUT2D eigenvalue weighted by Gasteiger charge is 2.25. The van der Waals surface area contributed by atoms with Crippen molar-refractivity contribution in [1.82, 2.24) is 10.0 Å². The second-order valence-electron chi connectivity index (χ2n) is 6.05.